The third-order valence-electron chi connectivity index (χ3n) is 4.68. The van der Waals surface area contributed by atoms with E-state index >= 15 is 0 Å². The molecular weight excluding hydrogens is 336 g/mol. The molecule has 0 spiro atoms. The number of nitrogens with one attached hydrogen (secondary N) is 1. The van der Waals surface area contributed by atoms with Crippen LogP contribution in [0.3, 0.4) is 0 Å². The summed E-state index contributed by atoms with van der Waals surface area (Å²) in [6.45, 7) is 1.35. The van der Waals surface area contributed by atoms with E-state index < -0.39 is 17.9 Å². The molecule has 1 unspecified atom stereocenters. The first-order chi connectivity index (χ1) is 12.3. The smallest absolute Gasteiger partial charge is 0.335 e. The monoisotopic (exact) mass is 362 g/mol. The number of amides is 2. The lowest BCUT2D eigenvalue weighted by Crippen LogP contribution is -2.47. The Bertz CT molecular complexity index is 652. The van der Waals surface area contributed by atoms with E-state index in [0.717, 1.165) is 12.8 Å². The van der Waals surface area contributed by atoms with E-state index in [4.69, 9.17) is 10.8 Å². The molecule has 142 valence electrons. The van der Waals surface area contributed by atoms with Gasteiger partial charge >= 0.3 is 5.97 Å². The van der Waals surface area contributed by atoms with Crippen molar-refractivity contribution in [3.8, 4) is 0 Å². The molecular formula is C18H26N4O4. The second kappa shape index (κ2) is 8.77. The number of likely N-dealkylation sites (tertiary alicyclic amines) is 1. The maximum absolute atomic E-state index is 12.3. The van der Waals surface area contributed by atoms with Crippen LogP contribution in [0.25, 0.3) is 0 Å². The first kappa shape index (κ1) is 19.9. The summed E-state index contributed by atoms with van der Waals surface area (Å²) in [5.41, 5.74) is 6.43. The van der Waals surface area contributed by atoms with Gasteiger partial charge in [-0.15, -0.1) is 0 Å². The fourth-order valence-corrected chi connectivity index (χ4v) is 2.97. The Morgan fingerprint density at radius 1 is 1.23 bits per heavy atom. The van der Waals surface area contributed by atoms with Crippen molar-refractivity contribution >= 4 is 23.5 Å². The highest BCUT2D eigenvalue weighted by molar-refractivity contribution is 5.97. The second-order valence-electron chi connectivity index (χ2n) is 6.76. The number of hydrogen-bond donors (Lipinski definition) is 3. The number of carboxylic acid groups (broad SMARTS) is 1. The van der Waals surface area contributed by atoms with Crippen LogP contribution in [-0.4, -0.2) is 72.0 Å². The molecule has 2 amide bonds. The van der Waals surface area contributed by atoms with Gasteiger partial charge in [0.25, 0.3) is 0 Å². The topological polar surface area (TPSA) is 116 Å². The zero-order valence-electron chi connectivity index (χ0n) is 15.1. The minimum Gasteiger partial charge on any atom is -0.478 e. The number of nitrogens with zero attached hydrogens (tertiary/aromatic N) is 2. The van der Waals surface area contributed by atoms with Gasteiger partial charge in [-0.05, 0) is 51.2 Å². The van der Waals surface area contributed by atoms with Crippen LogP contribution in [0, 0.1) is 0 Å². The molecule has 0 bridgehead atoms. The van der Waals surface area contributed by atoms with Crippen LogP contribution >= 0.6 is 0 Å². The largest absolute Gasteiger partial charge is 0.478 e. The van der Waals surface area contributed by atoms with Gasteiger partial charge in [0.15, 0.2) is 0 Å². The van der Waals surface area contributed by atoms with Crippen molar-refractivity contribution in [2.75, 3.05) is 32.5 Å². The number of benzene rings is 1. The Hall–Kier alpha value is -2.45. The van der Waals surface area contributed by atoms with E-state index in [2.05, 4.69) is 10.2 Å². The number of anilines is 1. The fourth-order valence-electron chi connectivity index (χ4n) is 2.97. The highest BCUT2D eigenvalue weighted by Crippen LogP contribution is 2.16. The lowest BCUT2D eigenvalue weighted by atomic mass is 10.0. The summed E-state index contributed by atoms with van der Waals surface area (Å²) in [6, 6.07) is 5.29. The van der Waals surface area contributed by atoms with E-state index in [-0.39, 0.29) is 17.9 Å². The van der Waals surface area contributed by atoms with Gasteiger partial charge in [-0.1, -0.05) is 0 Å². The first-order valence-corrected chi connectivity index (χ1v) is 8.62. The number of nitrogens with two attached hydrogens (primary N) is 1. The molecule has 0 radical (unpaired) electrons. The highest BCUT2D eigenvalue weighted by Gasteiger charge is 2.26. The Morgan fingerprint density at radius 2 is 1.81 bits per heavy atom. The van der Waals surface area contributed by atoms with Gasteiger partial charge in [-0.25, -0.2) is 4.79 Å². The molecule has 1 saturated heterocycles. The summed E-state index contributed by atoms with van der Waals surface area (Å²) in [5.74, 6) is -1.63. The third kappa shape index (κ3) is 5.27. The fraction of sp³-hybridized carbons (Fsp3) is 0.500. The van der Waals surface area contributed by atoms with Gasteiger partial charge in [0.1, 0.15) is 0 Å². The van der Waals surface area contributed by atoms with Crippen molar-refractivity contribution in [3.63, 3.8) is 0 Å². The molecule has 1 aliphatic heterocycles. The van der Waals surface area contributed by atoms with Crippen LogP contribution in [0.1, 0.15) is 29.6 Å². The maximum Gasteiger partial charge on any atom is 0.335 e. The van der Waals surface area contributed by atoms with Crippen molar-refractivity contribution in [1.29, 1.82) is 0 Å². The van der Waals surface area contributed by atoms with Crippen LogP contribution in [0.4, 0.5) is 5.69 Å². The second-order valence-corrected chi connectivity index (χ2v) is 6.76. The summed E-state index contributed by atoms with van der Waals surface area (Å²) < 4.78 is 0. The summed E-state index contributed by atoms with van der Waals surface area (Å²) >= 11 is 0. The average Bonchev–Trinajstić information content (AvgIpc) is 2.62. The maximum atomic E-state index is 12.3. The van der Waals surface area contributed by atoms with Gasteiger partial charge in [0.2, 0.25) is 11.8 Å². The van der Waals surface area contributed by atoms with Gasteiger partial charge in [0.05, 0.1) is 18.0 Å². The molecule has 26 heavy (non-hydrogen) atoms. The number of piperidine rings is 1. The molecule has 1 atom stereocenters. The molecule has 1 aromatic carbocycles. The third-order valence-corrected chi connectivity index (χ3v) is 4.68. The average molecular weight is 362 g/mol. The normalized spacial score (nSPS) is 16.4. The summed E-state index contributed by atoms with van der Waals surface area (Å²) in [6.07, 6.45) is 1.78. The van der Waals surface area contributed by atoms with E-state index in [1.165, 1.54) is 24.3 Å². The van der Waals surface area contributed by atoms with Crippen molar-refractivity contribution in [3.05, 3.63) is 29.8 Å². The van der Waals surface area contributed by atoms with Gasteiger partial charge in [-0.2, -0.15) is 0 Å². The summed E-state index contributed by atoms with van der Waals surface area (Å²) in [7, 11) is 4.07. The molecule has 0 saturated carbocycles. The lowest BCUT2D eigenvalue weighted by molar-refractivity contribution is -0.134. The number of carboxylic acids is 1. The Balaban J connectivity index is 1.83. The molecule has 1 aliphatic rings. The number of hydrogen-bond acceptors (Lipinski definition) is 5. The number of carbonyl (C=O) groups excluding carboxylic acids is 2. The predicted octanol–water partition coefficient (Wildman–Crippen LogP) is 0.593. The van der Waals surface area contributed by atoms with Crippen LogP contribution in [-0.2, 0) is 9.59 Å². The Morgan fingerprint density at radius 3 is 2.31 bits per heavy atom. The molecule has 0 aliphatic carbocycles. The van der Waals surface area contributed by atoms with Crippen LogP contribution in [0.5, 0.6) is 0 Å². The van der Waals surface area contributed by atoms with E-state index in [0.29, 0.717) is 24.8 Å². The highest BCUT2D eigenvalue weighted by atomic mass is 16.4. The molecule has 4 N–H and O–H groups in total. The standard InChI is InChI=1S/C18H26N4O4/c1-21(2)14-7-9-22(10-8-14)16(23)11-15(19)17(24)20-13-5-3-12(4-6-13)18(25)26/h3-6,14-15H,7-11,19H2,1-2H3,(H,20,24)(H,25,26). The van der Waals surface area contributed by atoms with Crippen LogP contribution in [0.15, 0.2) is 24.3 Å². The predicted molar refractivity (Wildman–Crippen MR) is 97.9 cm³/mol. The zero-order chi connectivity index (χ0) is 19.3. The van der Waals surface area contributed by atoms with E-state index in [1.807, 2.05) is 14.1 Å². The Kier molecular flexibility index (Phi) is 6.70. The molecule has 1 aromatic rings. The van der Waals surface area contributed by atoms with Crippen molar-refractivity contribution in [2.24, 2.45) is 5.73 Å². The van der Waals surface area contributed by atoms with E-state index in [9.17, 15) is 14.4 Å². The quantitative estimate of drug-likeness (QED) is 0.682. The zero-order valence-corrected chi connectivity index (χ0v) is 15.1. The SMILES string of the molecule is CN(C)C1CCN(C(=O)CC(N)C(=O)Nc2ccc(C(=O)O)cc2)CC1. The van der Waals surface area contributed by atoms with Crippen molar-refractivity contribution in [1.82, 2.24) is 9.80 Å². The number of carbonyl (C=O) groups is 3. The molecule has 8 nitrogen and oxygen atoms in total. The number of aromatic carboxylic acids is 1. The minimum absolute atomic E-state index is 0.0499. The minimum atomic E-state index is -1.04. The van der Waals surface area contributed by atoms with Gasteiger partial charge < -0.3 is 26.0 Å². The molecule has 8 heteroatoms. The molecule has 1 heterocycles. The Labute approximate surface area is 152 Å². The van der Waals surface area contributed by atoms with Crippen molar-refractivity contribution in [2.45, 2.75) is 31.3 Å². The lowest BCUT2D eigenvalue weighted by Gasteiger charge is -2.35. The van der Waals surface area contributed by atoms with Gasteiger partial charge in [-0.3, -0.25) is 9.59 Å². The molecule has 0 aromatic heterocycles. The van der Waals surface area contributed by atoms with Gasteiger partial charge in [0, 0.05) is 24.8 Å². The van der Waals surface area contributed by atoms with Crippen molar-refractivity contribution < 1.29 is 19.5 Å². The van der Waals surface area contributed by atoms with Crippen LogP contribution < -0.4 is 11.1 Å². The summed E-state index contributed by atoms with van der Waals surface area (Å²) in [4.78, 5) is 39.3. The van der Waals surface area contributed by atoms with E-state index in [1.54, 1.807) is 4.90 Å². The first-order valence-electron chi connectivity index (χ1n) is 8.62. The van der Waals surface area contributed by atoms with Crippen LogP contribution in [0.2, 0.25) is 0 Å². The molecule has 2 rings (SSSR count). The summed E-state index contributed by atoms with van der Waals surface area (Å²) in [5, 5.41) is 11.5. The molecule has 1 fully saturated rings. The number of rotatable bonds is 6.